The number of fused-ring (bicyclic) bond motifs is 3. The number of methoxy groups -OCH3 is 2. The van der Waals surface area contributed by atoms with Gasteiger partial charge in [0.15, 0.2) is 0 Å². The molecule has 2 heterocycles. The van der Waals surface area contributed by atoms with E-state index in [-0.39, 0.29) is 5.78 Å². The van der Waals surface area contributed by atoms with E-state index in [0.717, 1.165) is 16.6 Å². The molecule has 1 aliphatic heterocycles. The second-order valence-electron chi connectivity index (χ2n) is 7.56. The molecular weight excluding hydrogens is 390 g/mol. The van der Waals surface area contributed by atoms with Gasteiger partial charge in [-0.25, -0.2) is 9.98 Å². The molecule has 6 heteroatoms. The van der Waals surface area contributed by atoms with Crippen molar-refractivity contribution < 1.29 is 14.3 Å². The highest BCUT2D eigenvalue weighted by atomic mass is 16.5. The van der Waals surface area contributed by atoms with Crippen LogP contribution in [0, 0.1) is 0 Å². The summed E-state index contributed by atoms with van der Waals surface area (Å²) in [7, 11) is 3.22. The maximum atomic E-state index is 14.1. The van der Waals surface area contributed by atoms with Crippen molar-refractivity contribution in [2.75, 3.05) is 14.2 Å². The Morgan fingerprint density at radius 3 is 2.35 bits per heavy atom. The van der Waals surface area contributed by atoms with Gasteiger partial charge in [-0.1, -0.05) is 36.4 Å². The molecule has 0 bridgehead atoms. The quantitative estimate of drug-likeness (QED) is 0.495. The van der Waals surface area contributed by atoms with Crippen molar-refractivity contribution in [3.05, 3.63) is 83.9 Å². The highest BCUT2D eigenvalue weighted by Gasteiger charge is 2.45. The Labute approximate surface area is 179 Å². The summed E-state index contributed by atoms with van der Waals surface area (Å²) in [5, 5.41) is 0. The van der Waals surface area contributed by atoms with Crippen LogP contribution in [0.25, 0.3) is 11.0 Å². The summed E-state index contributed by atoms with van der Waals surface area (Å²) in [6.07, 6.45) is 0. The highest BCUT2D eigenvalue weighted by Crippen LogP contribution is 2.41. The van der Waals surface area contributed by atoms with Crippen LogP contribution in [0.1, 0.15) is 18.1 Å². The minimum absolute atomic E-state index is 0.121. The summed E-state index contributed by atoms with van der Waals surface area (Å²) >= 11 is 0. The van der Waals surface area contributed by atoms with Crippen LogP contribution in [-0.2, 0) is 10.3 Å². The van der Waals surface area contributed by atoms with Crippen molar-refractivity contribution in [1.82, 2.24) is 9.55 Å². The first-order valence-corrected chi connectivity index (χ1v) is 9.96. The van der Waals surface area contributed by atoms with Crippen molar-refractivity contribution in [2.45, 2.75) is 12.5 Å². The fraction of sp³-hybridized carbons (Fsp3) is 0.160. The van der Waals surface area contributed by atoms with Crippen molar-refractivity contribution in [3.8, 4) is 11.5 Å². The summed E-state index contributed by atoms with van der Waals surface area (Å²) < 4.78 is 12.7. The predicted octanol–water partition coefficient (Wildman–Crippen LogP) is 4.52. The van der Waals surface area contributed by atoms with E-state index in [1.807, 2.05) is 84.3 Å². The lowest BCUT2D eigenvalue weighted by atomic mass is 9.82. The molecule has 6 nitrogen and oxygen atoms in total. The number of Topliss-reactive ketones (excluding diaryl/α,β-unsaturated/α-hetero) is 1. The fourth-order valence-corrected chi connectivity index (χ4v) is 4.16. The topological polar surface area (TPSA) is 65.7 Å². The zero-order chi connectivity index (χ0) is 21.6. The molecule has 0 amide bonds. The third kappa shape index (κ3) is 2.83. The Balaban J connectivity index is 1.82. The van der Waals surface area contributed by atoms with Gasteiger partial charge in [0, 0.05) is 5.56 Å². The number of nitrogens with zero attached hydrogens (tertiary/aromatic N) is 3. The molecule has 1 aromatic heterocycles. The van der Waals surface area contributed by atoms with Crippen LogP contribution in [0.15, 0.2) is 77.8 Å². The number of aliphatic imine (C=N–C) groups is 1. The molecule has 1 atom stereocenters. The molecule has 3 aromatic carbocycles. The minimum Gasteiger partial charge on any atom is -0.497 e. The van der Waals surface area contributed by atoms with E-state index in [4.69, 9.17) is 19.5 Å². The van der Waals surface area contributed by atoms with Crippen molar-refractivity contribution in [3.63, 3.8) is 0 Å². The Morgan fingerprint density at radius 2 is 1.58 bits per heavy atom. The van der Waals surface area contributed by atoms with E-state index in [9.17, 15) is 4.79 Å². The second-order valence-corrected chi connectivity index (χ2v) is 7.56. The van der Waals surface area contributed by atoms with E-state index in [2.05, 4.69) is 0 Å². The molecule has 4 aromatic rings. The van der Waals surface area contributed by atoms with E-state index in [1.165, 1.54) is 0 Å². The molecule has 1 unspecified atom stereocenters. The number of benzene rings is 3. The summed E-state index contributed by atoms with van der Waals surface area (Å²) in [5.41, 5.74) is 2.43. The molecular formula is C25H21N3O3. The standard InChI is InChI=1S/C25H21N3O3/c1-25(17-9-7-11-19(15-17)31-3)23(29)22(16-8-6-10-18(14-16)30-2)27-24-26-20-12-4-5-13-21(20)28(24)25/h4-15H,1-3H3. The monoisotopic (exact) mass is 411 g/mol. The third-order valence-corrected chi connectivity index (χ3v) is 5.83. The predicted molar refractivity (Wildman–Crippen MR) is 120 cm³/mol. The molecule has 0 radical (unpaired) electrons. The van der Waals surface area contributed by atoms with Gasteiger partial charge < -0.3 is 9.47 Å². The molecule has 154 valence electrons. The largest absolute Gasteiger partial charge is 0.497 e. The van der Waals surface area contributed by atoms with Crippen molar-refractivity contribution in [1.29, 1.82) is 0 Å². The Bertz CT molecular complexity index is 1360. The van der Waals surface area contributed by atoms with Gasteiger partial charge in [-0.2, -0.15) is 0 Å². The van der Waals surface area contributed by atoms with Gasteiger partial charge in [0.1, 0.15) is 22.7 Å². The SMILES string of the molecule is COc1cccc(C2=Nc3nc4ccccc4n3C(C)(c3cccc(OC)c3)C2=O)c1. The molecule has 0 saturated heterocycles. The van der Waals surface area contributed by atoms with Crippen LogP contribution in [0.4, 0.5) is 5.95 Å². The van der Waals surface area contributed by atoms with E-state index < -0.39 is 5.54 Å². The number of carbonyl (C=O) groups excluding carboxylic acids is 1. The van der Waals surface area contributed by atoms with Crippen molar-refractivity contribution in [2.24, 2.45) is 4.99 Å². The number of hydrogen-bond acceptors (Lipinski definition) is 5. The molecule has 0 fully saturated rings. The summed E-state index contributed by atoms with van der Waals surface area (Å²) in [4.78, 5) is 23.5. The smallest absolute Gasteiger partial charge is 0.232 e. The van der Waals surface area contributed by atoms with Crippen LogP contribution in [-0.4, -0.2) is 35.3 Å². The molecule has 0 N–H and O–H groups in total. The zero-order valence-electron chi connectivity index (χ0n) is 17.5. The number of ketones is 1. The molecule has 0 saturated carbocycles. The zero-order valence-corrected chi connectivity index (χ0v) is 17.5. The molecule has 1 aliphatic rings. The maximum Gasteiger partial charge on any atom is 0.232 e. The molecule has 0 spiro atoms. The Kier molecular flexibility index (Phi) is 4.36. The first-order chi connectivity index (χ1) is 15.1. The first-order valence-electron chi connectivity index (χ1n) is 9.96. The summed E-state index contributed by atoms with van der Waals surface area (Å²) in [6, 6.07) is 22.7. The first kappa shape index (κ1) is 19.1. The minimum atomic E-state index is -1.06. The van der Waals surface area contributed by atoms with Crippen LogP contribution in [0.2, 0.25) is 0 Å². The number of rotatable bonds is 4. The van der Waals surface area contributed by atoms with Gasteiger partial charge in [-0.3, -0.25) is 9.36 Å². The fourth-order valence-electron chi connectivity index (χ4n) is 4.16. The van der Waals surface area contributed by atoms with E-state index in [1.54, 1.807) is 14.2 Å². The van der Waals surface area contributed by atoms with E-state index >= 15 is 0 Å². The molecule has 5 rings (SSSR count). The summed E-state index contributed by atoms with van der Waals surface area (Å²) in [5.74, 6) is 1.71. The van der Waals surface area contributed by atoms with Gasteiger partial charge >= 0.3 is 0 Å². The van der Waals surface area contributed by atoms with Crippen LogP contribution < -0.4 is 9.47 Å². The third-order valence-electron chi connectivity index (χ3n) is 5.83. The van der Waals surface area contributed by atoms with Gasteiger partial charge in [-0.15, -0.1) is 0 Å². The second kappa shape index (κ2) is 7.09. The van der Waals surface area contributed by atoms with E-state index in [0.29, 0.717) is 28.7 Å². The average molecular weight is 411 g/mol. The van der Waals surface area contributed by atoms with Crippen LogP contribution in [0.5, 0.6) is 11.5 Å². The number of para-hydroxylation sites is 2. The number of aromatic nitrogens is 2. The van der Waals surface area contributed by atoms with Gasteiger partial charge in [0.05, 0.1) is 25.3 Å². The lowest BCUT2D eigenvalue weighted by Gasteiger charge is -2.35. The number of hydrogen-bond donors (Lipinski definition) is 0. The van der Waals surface area contributed by atoms with Crippen LogP contribution in [0.3, 0.4) is 0 Å². The molecule has 0 aliphatic carbocycles. The van der Waals surface area contributed by atoms with Crippen LogP contribution >= 0.6 is 0 Å². The normalized spacial score (nSPS) is 17.9. The van der Waals surface area contributed by atoms with Crippen molar-refractivity contribution >= 4 is 28.5 Å². The number of ether oxygens (including phenoxy) is 2. The lowest BCUT2D eigenvalue weighted by Crippen LogP contribution is -2.46. The Morgan fingerprint density at radius 1 is 0.871 bits per heavy atom. The Hall–Kier alpha value is -3.93. The lowest BCUT2D eigenvalue weighted by molar-refractivity contribution is -0.118. The average Bonchev–Trinajstić information content (AvgIpc) is 3.20. The highest BCUT2D eigenvalue weighted by molar-refractivity contribution is 6.50. The number of imidazole rings is 1. The number of carbonyl (C=O) groups is 1. The molecule has 31 heavy (non-hydrogen) atoms. The van der Waals surface area contributed by atoms with Gasteiger partial charge in [-0.05, 0) is 48.9 Å². The van der Waals surface area contributed by atoms with Gasteiger partial charge in [0.2, 0.25) is 11.7 Å². The van der Waals surface area contributed by atoms with Gasteiger partial charge in [0.25, 0.3) is 0 Å². The summed E-state index contributed by atoms with van der Waals surface area (Å²) in [6.45, 7) is 1.91. The maximum absolute atomic E-state index is 14.1.